The summed E-state index contributed by atoms with van der Waals surface area (Å²) in [7, 11) is 0. The van der Waals surface area contributed by atoms with Crippen molar-refractivity contribution in [2.45, 2.75) is 51.2 Å². The molecule has 0 aromatic carbocycles. The van der Waals surface area contributed by atoms with E-state index in [4.69, 9.17) is 4.74 Å². The van der Waals surface area contributed by atoms with Gasteiger partial charge in [0.05, 0.1) is 5.60 Å². The fourth-order valence-electron chi connectivity index (χ4n) is 2.39. The Morgan fingerprint density at radius 2 is 2.14 bits per heavy atom. The Kier molecular flexibility index (Phi) is 4.97. The second-order valence-corrected chi connectivity index (χ2v) is 6.72. The van der Waals surface area contributed by atoms with Gasteiger partial charge in [0, 0.05) is 25.4 Å². The summed E-state index contributed by atoms with van der Waals surface area (Å²) in [6.07, 6.45) is 4.86. The first kappa shape index (κ1) is 16.6. The van der Waals surface area contributed by atoms with Crippen LogP contribution in [0.1, 0.15) is 39.2 Å². The van der Waals surface area contributed by atoms with Crippen LogP contribution in [0.5, 0.6) is 0 Å². The molecule has 1 fully saturated rings. The molecule has 1 unspecified atom stereocenters. The molecule has 7 nitrogen and oxygen atoms in total. The standard InChI is InChI=1S/C15H24N4O3/c1-14(2,3)22-13(20)19-12-17-8-11(9-18-12)7-15(21)5-4-6-16-10-15/h8-9,16,21H,4-7,10H2,1-3H3,(H,17,18,19,20). The third kappa shape index (κ3) is 5.23. The van der Waals surface area contributed by atoms with Gasteiger partial charge in [0.1, 0.15) is 5.60 Å². The number of carbonyl (C=O) groups is 1. The van der Waals surface area contributed by atoms with Crippen molar-refractivity contribution in [1.82, 2.24) is 15.3 Å². The van der Waals surface area contributed by atoms with Crippen LogP contribution >= 0.6 is 0 Å². The van der Waals surface area contributed by atoms with Crippen LogP contribution in [0.4, 0.5) is 10.7 Å². The highest BCUT2D eigenvalue weighted by Gasteiger charge is 2.29. The van der Waals surface area contributed by atoms with Gasteiger partial charge in [-0.3, -0.25) is 5.32 Å². The summed E-state index contributed by atoms with van der Waals surface area (Å²) in [5.74, 6) is 0.187. The third-order valence-electron chi connectivity index (χ3n) is 3.30. The SMILES string of the molecule is CC(C)(C)OC(=O)Nc1ncc(CC2(O)CCCNC2)cn1. The molecule has 1 atom stereocenters. The Labute approximate surface area is 130 Å². The first-order chi connectivity index (χ1) is 10.3. The van der Waals surface area contributed by atoms with E-state index in [1.807, 2.05) is 0 Å². The number of rotatable bonds is 3. The van der Waals surface area contributed by atoms with E-state index < -0.39 is 17.3 Å². The topological polar surface area (TPSA) is 96.4 Å². The van der Waals surface area contributed by atoms with Crippen molar-refractivity contribution in [3.63, 3.8) is 0 Å². The van der Waals surface area contributed by atoms with E-state index in [0.29, 0.717) is 13.0 Å². The van der Waals surface area contributed by atoms with E-state index in [-0.39, 0.29) is 5.95 Å². The summed E-state index contributed by atoms with van der Waals surface area (Å²) >= 11 is 0. The molecule has 0 radical (unpaired) electrons. The number of anilines is 1. The number of aliphatic hydroxyl groups is 1. The number of aromatic nitrogens is 2. The van der Waals surface area contributed by atoms with Crippen molar-refractivity contribution in [2.75, 3.05) is 18.4 Å². The number of hydrogen-bond donors (Lipinski definition) is 3. The van der Waals surface area contributed by atoms with Crippen LogP contribution in [0.25, 0.3) is 0 Å². The van der Waals surface area contributed by atoms with E-state index in [1.165, 1.54) is 0 Å². The zero-order chi connectivity index (χ0) is 16.2. The minimum Gasteiger partial charge on any atom is -0.444 e. The fraction of sp³-hybridized carbons (Fsp3) is 0.667. The molecule has 2 rings (SSSR count). The number of hydrogen-bond acceptors (Lipinski definition) is 6. The van der Waals surface area contributed by atoms with Crippen molar-refractivity contribution in [1.29, 1.82) is 0 Å². The minimum atomic E-state index is -0.748. The van der Waals surface area contributed by atoms with Crippen molar-refractivity contribution in [2.24, 2.45) is 0 Å². The molecule has 0 saturated carbocycles. The number of amides is 1. The highest BCUT2D eigenvalue weighted by atomic mass is 16.6. The van der Waals surface area contributed by atoms with E-state index in [1.54, 1.807) is 33.2 Å². The molecule has 0 bridgehead atoms. The Balaban J connectivity index is 1.91. The molecule has 0 aliphatic carbocycles. The molecule has 1 aliphatic rings. The molecule has 22 heavy (non-hydrogen) atoms. The van der Waals surface area contributed by atoms with Gasteiger partial charge in [0.15, 0.2) is 0 Å². The monoisotopic (exact) mass is 308 g/mol. The lowest BCUT2D eigenvalue weighted by Gasteiger charge is -2.32. The lowest BCUT2D eigenvalue weighted by atomic mass is 9.88. The maximum absolute atomic E-state index is 11.6. The third-order valence-corrected chi connectivity index (χ3v) is 3.30. The lowest BCUT2D eigenvalue weighted by molar-refractivity contribution is 0.0168. The number of piperidine rings is 1. The number of ether oxygens (including phenoxy) is 1. The van der Waals surface area contributed by atoms with Crippen molar-refractivity contribution in [3.05, 3.63) is 18.0 Å². The van der Waals surface area contributed by atoms with Gasteiger partial charge in [0.2, 0.25) is 5.95 Å². The Bertz CT molecular complexity index is 505. The molecule has 1 saturated heterocycles. The molecule has 1 aromatic rings. The normalized spacial score (nSPS) is 22.2. The Hall–Kier alpha value is -1.73. The largest absolute Gasteiger partial charge is 0.444 e. The van der Waals surface area contributed by atoms with Gasteiger partial charge in [0.25, 0.3) is 0 Å². The molecule has 7 heteroatoms. The van der Waals surface area contributed by atoms with Crippen LogP contribution in [0.3, 0.4) is 0 Å². The quantitative estimate of drug-likeness (QED) is 0.782. The van der Waals surface area contributed by atoms with Gasteiger partial charge in [-0.2, -0.15) is 0 Å². The second kappa shape index (κ2) is 6.58. The molecule has 0 spiro atoms. The van der Waals surface area contributed by atoms with Crippen LogP contribution in [-0.2, 0) is 11.2 Å². The summed E-state index contributed by atoms with van der Waals surface area (Å²) in [6, 6.07) is 0. The molecule has 1 aromatic heterocycles. The van der Waals surface area contributed by atoms with Crippen LogP contribution in [0.2, 0.25) is 0 Å². The van der Waals surface area contributed by atoms with E-state index >= 15 is 0 Å². The van der Waals surface area contributed by atoms with Gasteiger partial charge < -0.3 is 15.2 Å². The first-order valence-electron chi connectivity index (χ1n) is 7.50. The predicted molar refractivity (Wildman–Crippen MR) is 82.6 cm³/mol. The average molecular weight is 308 g/mol. The summed E-state index contributed by atoms with van der Waals surface area (Å²) < 4.78 is 5.13. The van der Waals surface area contributed by atoms with Crippen molar-refractivity contribution >= 4 is 12.0 Å². The van der Waals surface area contributed by atoms with Gasteiger partial charge in [-0.1, -0.05) is 0 Å². The molecular weight excluding hydrogens is 284 g/mol. The molecule has 3 N–H and O–H groups in total. The maximum atomic E-state index is 11.6. The van der Waals surface area contributed by atoms with Crippen LogP contribution < -0.4 is 10.6 Å². The molecule has 122 valence electrons. The van der Waals surface area contributed by atoms with Crippen LogP contribution in [-0.4, -0.2) is 45.5 Å². The molecule has 1 aliphatic heterocycles. The predicted octanol–water partition coefficient (Wildman–Crippen LogP) is 1.48. The Morgan fingerprint density at radius 1 is 1.45 bits per heavy atom. The smallest absolute Gasteiger partial charge is 0.414 e. The highest BCUT2D eigenvalue weighted by Crippen LogP contribution is 2.21. The van der Waals surface area contributed by atoms with E-state index in [0.717, 1.165) is 24.9 Å². The van der Waals surface area contributed by atoms with Crippen LogP contribution in [0.15, 0.2) is 12.4 Å². The lowest BCUT2D eigenvalue weighted by Crippen LogP contribution is -2.47. The highest BCUT2D eigenvalue weighted by molar-refractivity contribution is 5.82. The Morgan fingerprint density at radius 3 is 2.68 bits per heavy atom. The number of β-amino-alcohol motifs (C(OH)–C–C–N with tert-alkyl or cyclic N) is 1. The van der Waals surface area contributed by atoms with Gasteiger partial charge in [-0.25, -0.2) is 14.8 Å². The molecular formula is C15H24N4O3. The minimum absolute atomic E-state index is 0.187. The first-order valence-corrected chi connectivity index (χ1v) is 7.50. The van der Waals surface area contributed by atoms with Gasteiger partial charge in [-0.05, 0) is 45.7 Å². The maximum Gasteiger partial charge on any atom is 0.414 e. The summed E-state index contributed by atoms with van der Waals surface area (Å²) in [5, 5.41) is 16.1. The van der Waals surface area contributed by atoms with Gasteiger partial charge >= 0.3 is 6.09 Å². The van der Waals surface area contributed by atoms with Crippen LogP contribution in [0, 0.1) is 0 Å². The fourth-order valence-corrected chi connectivity index (χ4v) is 2.39. The van der Waals surface area contributed by atoms with E-state index in [2.05, 4.69) is 20.6 Å². The summed E-state index contributed by atoms with van der Waals surface area (Å²) in [5.41, 5.74) is -0.482. The van der Waals surface area contributed by atoms with Crippen molar-refractivity contribution < 1.29 is 14.6 Å². The number of nitrogens with one attached hydrogen (secondary N) is 2. The molecule has 1 amide bonds. The second-order valence-electron chi connectivity index (χ2n) is 6.72. The summed E-state index contributed by atoms with van der Waals surface area (Å²) in [6.45, 7) is 6.88. The zero-order valence-corrected chi connectivity index (χ0v) is 13.3. The number of carbonyl (C=O) groups excluding carboxylic acids is 1. The van der Waals surface area contributed by atoms with E-state index in [9.17, 15) is 9.90 Å². The van der Waals surface area contributed by atoms with Crippen molar-refractivity contribution in [3.8, 4) is 0 Å². The molecule has 2 heterocycles. The summed E-state index contributed by atoms with van der Waals surface area (Å²) in [4.78, 5) is 19.8. The zero-order valence-electron chi connectivity index (χ0n) is 13.3. The number of nitrogens with zero attached hydrogens (tertiary/aromatic N) is 2. The van der Waals surface area contributed by atoms with Gasteiger partial charge in [-0.15, -0.1) is 0 Å². The average Bonchev–Trinajstić information content (AvgIpc) is 2.39.